The number of hydrogen-bond acceptors (Lipinski definition) is 18. The highest BCUT2D eigenvalue weighted by atomic mass is 16.4. The molecule has 0 unspecified atom stereocenters. The summed E-state index contributed by atoms with van der Waals surface area (Å²) in [7, 11) is 0. The number of carboxylic acids is 2. The van der Waals surface area contributed by atoms with E-state index in [0.29, 0.717) is 0 Å². The minimum absolute atomic E-state index is 0.0380. The molecule has 1 aromatic rings. The summed E-state index contributed by atoms with van der Waals surface area (Å²) < 4.78 is 0. The summed E-state index contributed by atoms with van der Waals surface area (Å²) in [4.78, 5) is 142. The number of carbonyl (C=O) groups excluding carboxylic acids is 8. The van der Waals surface area contributed by atoms with E-state index in [1.165, 1.54) is 12.5 Å². The molecule has 0 saturated carbocycles. The van der Waals surface area contributed by atoms with E-state index in [-0.39, 0.29) is 56.4 Å². The second-order valence-corrected chi connectivity index (χ2v) is 15.5. The normalized spacial score (nSPS) is 14.6. The fourth-order valence-corrected chi connectivity index (χ4v) is 5.94. The van der Waals surface area contributed by atoms with Crippen LogP contribution < -0.4 is 71.2 Å². The fraction of sp³-hybridized carbons (Fsp3) is 0.605. The molecule has 0 fully saturated rings. The van der Waals surface area contributed by atoms with E-state index >= 15 is 0 Å². The number of carbonyl (C=O) groups is 10. The number of nitrogens with one attached hydrogen (secondary N) is 9. The number of aromatic amines is 1. The monoisotopic (exact) mass is 1020 g/mol. The maximum absolute atomic E-state index is 13.8. The molecule has 25 N–H and O–H groups in total. The third kappa shape index (κ3) is 23.9. The first-order chi connectivity index (χ1) is 33.4. The molecule has 0 aliphatic heterocycles. The Morgan fingerprint density at radius 2 is 1.03 bits per heavy atom. The lowest BCUT2D eigenvalue weighted by Gasteiger charge is -2.28. The topological polar surface area (TPSA) is 572 Å². The van der Waals surface area contributed by atoms with Crippen molar-refractivity contribution in [2.75, 3.05) is 39.5 Å². The van der Waals surface area contributed by atoms with Crippen molar-refractivity contribution in [1.29, 1.82) is 0 Å². The highest BCUT2D eigenvalue weighted by Gasteiger charge is 2.36. The summed E-state index contributed by atoms with van der Waals surface area (Å²) >= 11 is 0. The lowest BCUT2D eigenvalue weighted by Crippen LogP contribution is -2.62. The van der Waals surface area contributed by atoms with Gasteiger partial charge in [0.05, 0.1) is 38.3 Å². The molecule has 0 aliphatic carbocycles. The maximum atomic E-state index is 13.8. The maximum Gasteiger partial charge on any atom is 0.322 e. The average Bonchev–Trinajstić information content (AvgIpc) is 3.83. The molecule has 0 radical (unpaired) electrons. The molecule has 1 aromatic heterocycles. The van der Waals surface area contributed by atoms with Crippen LogP contribution in [0.5, 0.6) is 0 Å². The van der Waals surface area contributed by atoms with Crippen molar-refractivity contribution in [2.24, 2.45) is 38.7 Å². The molecule has 0 bridgehead atoms. The van der Waals surface area contributed by atoms with Gasteiger partial charge in [-0.25, -0.2) is 4.98 Å². The van der Waals surface area contributed by atoms with Gasteiger partial charge in [-0.3, -0.25) is 57.9 Å². The van der Waals surface area contributed by atoms with Crippen molar-refractivity contribution in [3.8, 4) is 0 Å². The van der Waals surface area contributed by atoms with Gasteiger partial charge in [-0.05, 0) is 39.0 Å². The van der Waals surface area contributed by atoms with Crippen molar-refractivity contribution in [2.45, 2.75) is 106 Å². The Morgan fingerprint density at radius 3 is 1.48 bits per heavy atom. The number of hydrogen-bond donors (Lipinski definition) is 20. The van der Waals surface area contributed by atoms with Crippen molar-refractivity contribution in [1.82, 2.24) is 52.5 Å². The number of imidazole rings is 1. The van der Waals surface area contributed by atoms with E-state index in [0.717, 1.165) is 6.92 Å². The summed E-state index contributed by atoms with van der Waals surface area (Å²) in [5.74, 6) is -12.4. The number of aliphatic imine (C=N–C) groups is 2. The van der Waals surface area contributed by atoms with Gasteiger partial charge < -0.3 is 107 Å². The lowest BCUT2D eigenvalue weighted by atomic mass is 10.1. The van der Waals surface area contributed by atoms with Crippen LogP contribution in [0.4, 0.5) is 0 Å². The minimum Gasteiger partial charge on any atom is -0.481 e. The lowest BCUT2D eigenvalue weighted by molar-refractivity contribution is -0.140. The van der Waals surface area contributed by atoms with Crippen LogP contribution in [0, 0.1) is 0 Å². The number of guanidine groups is 2. The zero-order chi connectivity index (χ0) is 53.8. The Kier molecular flexibility index (Phi) is 27.7. The molecule has 0 saturated heterocycles. The summed E-state index contributed by atoms with van der Waals surface area (Å²) in [6.07, 6.45) is -0.704. The Balaban J connectivity index is 3.30. The summed E-state index contributed by atoms with van der Waals surface area (Å²) in [6, 6.07) is -13.4. The van der Waals surface area contributed by atoms with E-state index in [1.54, 1.807) is 0 Å². The zero-order valence-corrected chi connectivity index (χ0v) is 38.5. The molecule has 33 nitrogen and oxygen atoms in total. The third-order valence-electron chi connectivity index (χ3n) is 9.70. The van der Waals surface area contributed by atoms with E-state index in [9.17, 15) is 68.4 Å². The second kappa shape index (κ2) is 32.1. The molecule has 398 valence electrons. The van der Waals surface area contributed by atoms with Crippen molar-refractivity contribution in [3.63, 3.8) is 0 Å². The molecule has 33 heteroatoms. The highest BCUT2D eigenvalue weighted by Crippen LogP contribution is 2.07. The number of amides is 8. The SMILES string of the molecule is C[C@@H](O)[C@H](NC(=O)[C@H](Cc1cnc[nH]1)NC(=O)[C@H](CO)NC(=O)[C@H](CCCN=C(N)N)NC(=O)[C@H](CO)NC(=O)[C@@H](N)CCCN=C(N)N)C(=O)N[C@@H](CO)C(=O)N[C@@H](CCC(=O)O)C(=O)NCC(=O)O. The molecule has 71 heavy (non-hydrogen) atoms. The predicted molar refractivity (Wildman–Crippen MR) is 244 cm³/mol. The third-order valence-corrected chi connectivity index (χ3v) is 9.70. The Morgan fingerprint density at radius 1 is 0.592 bits per heavy atom. The van der Waals surface area contributed by atoms with Crippen LogP contribution in [0.1, 0.15) is 51.1 Å². The first-order valence-electron chi connectivity index (χ1n) is 21.6. The van der Waals surface area contributed by atoms with Crippen LogP contribution in [0.3, 0.4) is 0 Å². The molecular weight excluding hydrogens is 951 g/mol. The number of aliphatic carboxylic acids is 2. The van der Waals surface area contributed by atoms with E-state index < -0.39 is 159 Å². The molecule has 8 amide bonds. The molecule has 0 spiro atoms. The van der Waals surface area contributed by atoms with Gasteiger partial charge in [0.1, 0.15) is 48.8 Å². The van der Waals surface area contributed by atoms with Gasteiger partial charge in [0, 0.05) is 37.8 Å². The number of nitrogens with zero attached hydrogens (tertiary/aromatic N) is 3. The van der Waals surface area contributed by atoms with Gasteiger partial charge in [0.15, 0.2) is 11.9 Å². The highest BCUT2D eigenvalue weighted by molar-refractivity contribution is 5.98. The Hall–Kier alpha value is -7.75. The summed E-state index contributed by atoms with van der Waals surface area (Å²) in [6.45, 7) is -2.95. The van der Waals surface area contributed by atoms with Crippen molar-refractivity contribution < 1.29 is 78.6 Å². The summed E-state index contributed by atoms with van der Waals surface area (Å²) in [5.41, 5.74) is 27.4. The quantitative estimate of drug-likeness (QED) is 0.0173. The predicted octanol–water partition coefficient (Wildman–Crippen LogP) is -10.8. The van der Waals surface area contributed by atoms with Crippen LogP contribution in [0.25, 0.3) is 0 Å². The Bertz CT molecular complexity index is 2010. The standard InChI is InChI=1S/C38H65N17O16/c1-17(59)28(36(71)54-25(15-58)34(69)50-21(6-7-26(60)61)30(65)47-12-27(62)63)55-32(67)22(10-18-11-44-16-48-18)51-35(70)24(14-57)53-31(66)20(5-3-9-46-38(42)43)49-33(68)23(13-56)52-29(64)19(39)4-2-8-45-37(40)41/h11,16-17,19-25,28,56-59H,2-10,12-15,39H2,1H3,(H,44,48)(H,47,65)(H,49,68)(H,50,69)(H,51,70)(H,52,64)(H,53,66)(H,54,71)(H,55,67)(H,60,61)(H,62,63)(H4,40,41,45)(H4,42,43,46)/t17-,19+,20+,21+,22+,23+,24+,25+,28+/m1/s1. The molecule has 1 heterocycles. The molecule has 1 rings (SSSR count). The van der Waals surface area contributed by atoms with Crippen LogP contribution in [0.15, 0.2) is 22.5 Å². The first kappa shape index (κ1) is 61.3. The number of rotatable bonds is 34. The fourth-order valence-electron chi connectivity index (χ4n) is 5.94. The van der Waals surface area contributed by atoms with Crippen molar-refractivity contribution in [3.05, 3.63) is 18.2 Å². The number of carboxylic acid groups (broad SMARTS) is 2. The molecular formula is C38H65N17O16. The zero-order valence-electron chi connectivity index (χ0n) is 38.5. The second-order valence-electron chi connectivity index (χ2n) is 15.5. The largest absolute Gasteiger partial charge is 0.481 e. The van der Waals surface area contributed by atoms with Gasteiger partial charge in [-0.15, -0.1) is 0 Å². The van der Waals surface area contributed by atoms with Crippen LogP contribution >= 0.6 is 0 Å². The van der Waals surface area contributed by atoms with Gasteiger partial charge in [0.2, 0.25) is 47.3 Å². The van der Waals surface area contributed by atoms with Gasteiger partial charge in [-0.2, -0.15) is 0 Å². The van der Waals surface area contributed by atoms with Crippen LogP contribution in [0.2, 0.25) is 0 Å². The van der Waals surface area contributed by atoms with E-state index in [2.05, 4.69) is 57.2 Å². The number of nitrogens with two attached hydrogens (primary N) is 5. The molecule has 0 aliphatic rings. The number of H-pyrrole nitrogens is 1. The number of aliphatic hydroxyl groups excluding tert-OH is 4. The number of aromatic nitrogens is 2. The molecule has 9 atom stereocenters. The summed E-state index contributed by atoms with van der Waals surface area (Å²) in [5, 5.41) is 76.2. The van der Waals surface area contributed by atoms with E-state index in [4.69, 9.17) is 38.9 Å². The van der Waals surface area contributed by atoms with Gasteiger partial charge in [-0.1, -0.05) is 0 Å². The van der Waals surface area contributed by atoms with Gasteiger partial charge in [0.25, 0.3) is 0 Å². The van der Waals surface area contributed by atoms with Crippen molar-refractivity contribution >= 4 is 71.1 Å². The van der Waals surface area contributed by atoms with Crippen LogP contribution in [-0.4, -0.2) is 206 Å². The van der Waals surface area contributed by atoms with Gasteiger partial charge >= 0.3 is 11.9 Å². The number of aliphatic hydroxyl groups is 4. The first-order valence-corrected chi connectivity index (χ1v) is 21.6. The molecule has 0 aromatic carbocycles. The van der Waals surface area contributed by atoms with E-state index in [1.807, 2.05) is 5.32 Å². The van der Waals surface area contributed by atoms with Crippen LogP contribution in [-0.2, 0) is 54.4 Å². The minimum atomic E-state index is -1.94. The Labute approximate surface area is 404 Å². The average molecular weight is 1020 g/mol. The smallest absolute Gasteiger partial charge is 0.322 e.